The van der Waals surface area contributed by atoms with Gasteiger partial charge in [-0.25, -0.2) is 4.79 Å². The fourth-order valence-corrected chi connectivity index (χ4v) is 9.16. The van der Waals surface area contributed by atoms with Crippen LogP contribution >= 0.6 is 23.2 Å². The van der Waals surface area contributed by atoms with Crippen molar-refractivity contribution in [3.05, 3.63) is 105 Å². The Hall–Kier alpha value is -6.55. The molecule has 0 aromatic heterocycles. The highest BCUT2D eigenvalue weighted by Gasteiger charge is 2.36. The molecule has 0 unspecified atom stereocenters. The molecule has 416 valence electrons. The maximum atomic E-state index is 14.6. The van der Waals surface area contributed by atoms with Crippen molar-refractivity contribution in [3.8, 4) is 40.2 Å². The van der Waals surface area contributed by atoms with Crippen LogP contribution in [0.3, 0.4) is 0 Å². The molecule has 19 heteroatoms. The Morgan fingerprint density at radius 2 is 1.32 bits per heavy atom. The van der Waals surface area contributed by atoms with Crippen LogP contribution in [0.4, 0.5) is 0 Å². The lowest BCUT2D eigenvalue weighted by Gasteiger charge is -2.32. The topological polar surface area (TPSA) is 277 Å². The van der Waals surface area contributed by atoms with Gasteiger partial charge in [0, 0.05) is 74.3 Å². The summed E-state index contributed by atoms with van der Waals surface area (Å²) in [7, 11) is 1.49. The van der Waals surface area contributed by atoms with E-state index in [1.54, 1.807) is 61.5 Å². The monoisotopic (exact) mass is 1100 g/mol. The number of carbonyl (C=O) groups is 6. The summed E-state index contributed by atoms with van der Waals surface area (Å²) in [5, 5.41) is 21.2. The van der Waals surface area contributed by atoms with E-state index in [2.05, 4.69) is 19.2 Å². The Morgan fingerprint density at radius 1 is 0.753 bits per heavy atom. The van der Waals surface area contributed by atoms with E-state index >= 15 is 0 Å². The fourth-order valence-electron chi connectivity index (χ4n) is 8.63. The van der Waals surface area contributed by atoms with Crippen LogP contribution < -0.4 is 41.5 Å². The first-order chi connectivity index (χ1) is 37.0. The largest absolute Gasteiger partial charge is 0.494 e. The highest BCUT2D eigenvalue weighted by Crippen LogP contribution is 2.41. The first-order valence-electron chi connectivity index (χ1n) is 26.3. The fraction of sp³-hybridized carbons (Fsp3) is 0.466. The zero-order valence-corrected chi connectivity index (χ0v) is 46.1. The Balaban J connectivity index is 0.000000682. The van der Waals surface area contributed by atoms with E-state index in [1.165, 1.54) is 24.1 Å². The van der Waals surface area contributed by atoms with Gasteiger partial charge in [-0.05, 0) is 104 Å². The molecule has 1 aliphatic heterocycles. The SMILES string of the molecule is CCCCCOc1ccc(C(=O)C[C@@H](CCN)C(=O)N(C)[C@@H]2C(=O)C[C@@H](C)C(=O)N[C@H](C(=O)CCC#N)Cc3ccc(OCCN)c(c3)-c3cc2ccc3OCCN)c(Cl)c1.CCCCCOc1ccc(C(=O)O)c(Cl)c1. The van der Waals surface area contributed by atoms with Gasteiger partial charge in [0.1, 0.15) is 42.3 Å². The van der Waals surface area contributed by atoms with Crippen LogP contribution in [-0.4, -0.2) is 104 Å². The molecule has 8 N–H and O–H groups in total. The second-order valence-electron chi connectivity index (χ2n) is 18.8. The van der Waals surface area contributed by atoms with Crippen LogP contribution in [0, 0.1) is 23.2 Å². The number of rotatable bonds is 27. The average molecular weight is 1100 g/mol. The molecule has 17 nitrogen and oxygen atoms in total. The second kappa shape index (κ2) is 32.9. The number of carboxylic acids is 1. The third-order valence-corrected chi connectivity index (χ3v) is 13.4. The lowest BCUT2D eigenvalue weighted by molar-refractivity contribution is -0.142. The number of benzene rings is 4. The van der Waals surface area contributed by atoms with Gasteiger partial charge in [0.15, 0.2) is 17.3 Å². The smallest absolute Gasteiger partial charge is 0.337 e. The summed E-state index contributed by atoms with van der Waals surface area (Å²) in [5.74, 6) is -3.09. The molecule has 5 rings (SSSR count). The van der Waals surface area contributed by atoms with Crippen LogP contribution in [0.25, 0.3) is 11.1 Å². The third-order valence-electron chi connectivity index (χ3n) is 12.8. The van der Waals surface area contributed by atoms with Gasteiger partial charge in [0.2, 0.25) is 11.8 Å². The standard InChI is InChI=1S/C46H59ClN6O8.C12H15ClO3/c1-4-5-6-20-59-33-11-12-34(37(47)28-33)40(55)27-32(15-17-49)46(58)53(3)44-31-10-14-43(61-22-19-51)36(26-31)35-24-30(9-13-42(35)60-21-18-50)25-38(39(54)8-7-16-48)52-45(57)29(2)23-41(44)56;1-2-3-4-7-16-9-5-6-10(12(14)15)11(13)8-9/h9-14,24,26,28-29,32,38,44H,4-8,15,17-23,25,27,49-51H2,1-3H3,(H,52,57);5-6,8H,2-4,7H2,1H3,(H,14,15)/t29-,32-,38+,44+;/m1./s1. The van der Waals surface area contributed by atoms with Gasteiger partial charge >= 0.3 is 5.97 Å². The summed E-state index contributed by atoms with van der Waals surface area (Å²) in [4.78, 5) is 82.2. The highest BCUT2D eigenvalue weighted by molar-refractivity contribution is 6.34. The minimum absolute atomic E-state index is 0.0305. The van der Waals surface area contributed by atoms with Crippen LogP contribution in [0.1, 0.15) is 129 Å². The number of nitrogens with one attached hydrogen (secondary N) is 1. The molecular formula is C58H74Cl2N6O11. The van der Waals surface area contributed by atoms with E-state index in [0.29, 0.717) is 58.5 Å². The molecule has 0 aliphatic carbocycles. The van der Waals surface area contributed by atoms with Crippen molar-refractivity contribution in [2.24, 2.45) is 29.0 Å². The number of unbranched alkanes of at least 4 members (excludes halogenated alkanes) is 4. The van der Waals surface area contributed by atoms with Crippen molar-refractivity contribution in [1.29, 1.82) is 5.26 Å². The quantitative estimate of drug-likeness (QED) is 0.0275. The number of aromatic carboxylic acids is 1. The van der Waals surface area contributed by atoms with E-state index in [0.717, 1.165) is 38.5 Å². The number of carbonyl (C=O) groups excluding carboxylic acids is 5. The molecule has 0 spiro atoms. The molecule has 4 atom stereocenters. The minimum Gasteiger partial charge on any atom is -0.494 e. The maximum absolute atomic E-state index is 14.6. The van der Waals surface area contributed by atoms with Gasteiger partial charge in [0.25, 0.3) is 0 Å². The number of fused-ring (bicyclic) bond motifs is 5. The Labute approximate surface area is 462 Å². The summed E-state index contributed by atoms with van der Waals surface area (Å²) in [6.45, 7) is 7.81. The first-order valence-corrected chi connectivity index (χ1v) is 27.0. The van der Waals surface area contributed by atoms with E-state index in [9.17, 15) is 34.0 Å². The Kier molecular flexibility index (Phi) is 26.9. The molecule has 2 amide bonds. The lowest BCUT2D eigenvalue weighted by Crippen LogP contribution is -2.46. The van der Waals surface area contributed by atoms with E-state index in [1.807, 2.05) is 12.1 Å². The number of ketones is 3. The number of hydrogen-bond donors (Lipinski definition) is 5. The van der Waals surface area contributed by atoms with Crippen molar-refractivity contribution < 1.29 is 52.8 Å². The van der Waals surface area contributed by atoms with Crippen molar-refractivity contribution >= 4 is 58.3 Å². The van der Waals surface area contributed by atoms with Crippen molar-refractivity contribution in [2.45, 2.75) is 110 Å². The molecule has 0 saturated heterocycles. The number of Topliss-reactive ketones (excluding diaryl/α,β-unsaturated/α-hetero) is 3. The molecule has 4 aromatic carbocycles. The first kappa shape index (κ1) is 63.0. The molecule has 1 aliphatic rings. The normalized spacial score (nSPS) is 15.6. The summed E-state index contributed by atoms with van der Waals surface area (Å²) in [6, 6.07) is 19.7. The number of hydrogen-bond acceptors (Lipinski definition) is 14. The molecule has 4 aromatic rings. The minimum atomic E-state index is -1.24. The third kappa shape index (κ3) is 19.1. The van der Waals surface area contributed by atoms with Crippen LogP contribution in [0.2, 0.25) is 10.0 Å². The zero-order valence-electron chi connectivity index (χ0n) is 44.6. The summed E-state index contributed by atoms with van der Waals surface area (Å²) in [6.07, 6.45) is 5.82. The number of nitriles is 1. The highest BCUT2D eigenvalue weighted by atomic mass is 35.5. The number of nitrogens with zero attached hydrogens (tertiary/aromatic N) is 2. The summed E-state index contributed by atoms with van der Waals surface area (Å²) in [5.41, 5.74) is 20.1. The molecule has 0 saturated carbocycles. The number of amides is 2. The van der Waals surface area contributed by atoms with Gasteiger partial charge in [-0.1, -0.05) is 81.8 Å². The number of nitrogens with two attached hydrogens (primary N) is 3. The van der Waals surface area contributed by atoms with Crippen molar-refractivity contribution in [3.63, 3.8) is 0 Å². The summed E-state index contributed by atoms with van der Waals surface area (Å²) >= 11 is 12.4. The number of ether oxygens (including phenoxy) is 4. The second-order valence-corrected chi connectivity index (χ2v) is 19.6. The predicted octanol–water partition coefficient (Wildman–Crippen LogP) is 9.10. The van der Waals surface area contributed by atoms with E-state index in [4.69, 9.17) is 64.5 Å². The molecule has 77 heavy (non-hydrogen) atoms. The molecular weight excluding hydrogens is 1030 g/mol. The van der Waals surface area contributed by atoms with Crippen molar-refractivity contribution in [1.82, 2.24) is 10.2 Å². The van der Waals surface area contributed by atoms with Crippen LogP contribution in [0.5, 0.6) is 23.0 Å². The number of carboxylic acid groups (broad SMARTS) is 1. The molecule has 1 heterocycles. The average Bonchev–Trinajstić information content (AvgIpc) is 3.42. The molecule has 0 fully saturated rings. The van der Waals surface area contributed by atoms with E-state index in [-0.39, 0.29) is 104 Å². The Morgan fingerprint density at radius 3 is 1.86 bits per heavy atom. The van der Waals surface area contributed by atoms with Gasteiger partial charge in [-0.2, -0.15) is 5.26 Å². The predicted molar refractivity (Wildman–Crippen MR) is 297 cm³/mol. The molecule has 4 bridgehead atoms. The van der Waals surface area contributed by atoms with Gasteiger partial charge in [0.05, 0.1) is 40.9 Å². The molecule has 0 radical (unpaired) electrons. The van der Waals surface area contributed by atoms with Gasteiger partial charge in [-0.15, -0.1) is 0 Å². The lowest BCUT2D eigenvalue weighted by atomic mass is 9.88. The van der Waals surface area contributed by atoms with Gasteiger partial charge < -0.3 is 51.5 Å². The Bertz CT molecular complexity index is 2680. The van der Waals surface area contributed by atoms with Crippen molar-refractivity contribution in [2.75, 3.05) is 53.1 Å². The zero-order chi connectivity index (χ0) is 56.4. The van der Waals surface area contributed by atoms with Crippen LogP contribution in [-0.2, 0) is 25.6 Å². The maximum Gasteiger partial charge on any atom is 0.337 e. The number of likely N-dealkylation sites (N-methyl/N-ethyl adjacent to an activating group) is 1. The number of halogens is 2. The van der Waals surface area contributed by atoms with E-state index < -0.39 is 47.5 Å². The van der Waals surface area contributed by atoms with Gasteiger partial charge in [-0.3, -0.25) is 24.0 Å². The summed E-state index contributed by atoms with van der Waals surface area (Å²) < 4.78 is 23.4. The van der Waals surface area contributed by atoms with Crippen LogP contribution in [0.15, 0.2) is 72.8 Å².